The zero-order valence-corrected chi connectivity index (χ0v) is 19.1. The number of amides is 1. The van der Waals surface area contributed by atoms with Crippen molar-refractivity contribution < 1.29 is 24.5 Å². The van der Waals surface area contributed by atoms with Crippen molar-refractivity contribution in [3.05, 3.63) is 64.2 Å². The molecule has 0 saturated carbocycles. The van der Waals surface area contributed by atoms with Gasteiger partial charge in [0.15, 0.2) is 0 Å². The molecule has 1 atom stereocenters. The van der Waals surface area contributed by atoms with Crippen LogP contribution in [0, 0.1) is 0 Å². The quantitative estimate of drug-likeness (QED) is 0.355. The van der Waals surface area contributed by atoms with Crippen LogP contribution in [0.4, 0.5) is 0 Å². The fourth-order valence-corrected chi connectivity index (χ4v) is 4.11. The number of nitrogens with zero attached hydrogens (tertiary/aromatic N) is 2. The molecule has 0 spiro atoms. The number of carbonyl (C=O) groups excluding carboxylic acids is 2. The number of aliphatic hydroxyl groups is 1. The third kappa shape index (κ3) is 4.59. The second-order valence-electron chi connectivity index (χ2n) is 7.46. The highest BCUT2D eigenvalue weighted by molar-refractivity contribution is 6.46. The largest absolute Gasteiger partial charge is 0.507 e. The van der Waals surface area contributed by atoms with Crippen LogP contribution >= 0.6 is 11.6 Å². The van der Waals surface area contributed by atoms with Crippen LogP contribution in [0.15, 0.2) is 48.0 Å². The molecule has 32 heavy (non-hydrogen) atoms. The van der Waals surface area contributed by atoms with Crippen molar-refractivity contribution in [2.24, 2.45) is 0 Å². The number of aromatic hydroxyl groups is 1. The minimum absolute atomic E-state index is 0.0413. The molecule has 2 aromatic rings. The molecule has 0 aliphatic carbocycles. The Morgan fingerprint density at radius 1 is 1.16 bits per heavy atom. The molecule has 1 saturated heterocycles. The monoisotopic (exact) mass is 458 g/mol. The first-order valence-corrected chi connectivity index (χ1v) is 10.8. The van der Waals surface area contributed by atoms with Gasteiger partial charge in [-0.25, -0.2) is 0 Å². The van der Waals surface area contributed by atoms with E-state index in [1.54, 1.807) is 30.3 Å². The summed E-state index contributed by atoms with van der Waals surface area (Å²) in [6.45, 7) is 6.54. The highest BCUT2D eigenvalue weighted by Gasteiger charge is 2.46. The first kappa shape index (κ1) is 23.6. The molecule has 3 rings (SSSR count). The molecule has 1 heterocycles. The summed E-state index contributed by atoms with van der Waals surface area (Å²) < 4.78 is 5.08. The Bertz CT molecular complexity index is 1050. The van der Waals surface area contributed by atoms with Crippen LogP contribution in [-0.2, 0) is 9.59 Å². The molecule has 170 valence electrons. The van der Waals surface area contributed by atoms with Crippen LogP contribution in [-0.4, -0.2) is 65.0 Å². The van der Waals surface area contributed by atoms with Crippen molar-refractivity contribution in [2.45, 2.75) is 19.9 Å². The predicted molar refractivity (Wildman–Crippen MR) is 123 cm³/mol. The SMILES string of the molecule is CCN(CC)CCN1C(=O)C(=O)/C(=C(/O)c2ccc(OC)cc2O)C1c1cccc(Cl)c1. The zero-order valence-electron chi connectivity index (χ0n) is 18.3. The second kappa shape index (κ2) is 10.1. The van der Waals surface area contributed by atoms with E-state index in [0.29, 0.717) is 29.4 Å². The molecule has 0 bridgehead atoms. The summed E-state index contributed by atoms with van der Waals surface area (Å²) >= 11 is 6.19. The number of benzene rings is 2. The van der Waals surface area contributed by atoms with E-state index in [1.807, 2.05) is 13.8 Å². The third-order valence-corrected chi connectivity index (χ3v) is 5.95. The number of carbonyl (C=O) groups is 2. The number of likely N-dealkylation sites (tertiary alicyclic amines) is 1. The van der Waals surface area contributed by atoms with Crippen molar-refractivity contribution in [3.8, 4) is 11.5 Å². The number of likely N-dealkylation sites (N-methyl/N-ethyl adjacent to an activating group) is 1. The average Bonchev–Trinajstić information content (AvgIpc) is 3.04. The van der Waals surface area contributed by atoms with Crippen LogP contribution in [0.5, 0.6) is 11.5 Å². The predicted octanol–water partition coefficient (Wildman–Crippen LogP) is 3.82. The van der Waals surface area contributed by atoms with Gasteiger partial charge in [-0.1, -0.05) is 37.6 Å². The number of aliphatic hydroxyl groups excluding tert-OH is 1. The fourth-order valence-electron chi connectivity index (χ4n) is 3.91. The normalized spacial score (nSPS) is 17.9. The zero-order chi connectivity index (χ0) is 23.4. The van der Waals surface area contributed by atoms with Crippen molar-refractivity contribution in [3.63, 3.8) is 0 Å². The number of hydrogen-bond donors (Lipinski definition) is 2. The third-order valence-electron chi connectivity index (χ3n) is 5.72. The maximum Gasteiger partial charge on any atom is 0.295 e. The molecule has 0 aromatic heterocycles. The van der Waals surface area contributed by atoms with Gasteiger partial charge in [0.2, 0.25) is 0 Å². The van der Waals surface area contributed by atoms with Gasteiger partial charge in [-0.15, -0.1) is 0 Å². The Kier molecular flexibility index (Phi) is 7.43. The Morgan fingerprint density at radius 3 is 2.47 bits per heavy atom. The number of Topliss-reactive ketones (excluding diaryl/α,β-unsaturated/α-hetero) is 1. The Balaban J connectivity index is 2.13. The van der Waals surface area contributed by atoms with Crippen LogP contribution in [0.25, 0.3) is 5.76 Å². The van der Waals surface area contributed by atoms with E-state index in [1.165, 1.54) is 24.1 Å². The molecule has 1 amide bonds. The Labute approximate surface area is 192 Å². The maximum atomic E-state index is 13.1. The molecule has 1 aliphatic heterocycles. The smallest absolute Gasteiger partial charge is 0.295 e. The summed E-state index contributed by atoms with van der Waals surface area (Å²) in [5, 5.41) is 21.9. The van der Waals surface area contributed by atoms with Crippen molar-refractivity contribution in [1.82, 2.24) is 9.80 Å². The summed E-state index contributed by atoms with van der Waals surface area (Å²) in [7, 11) is 1.45. The van der Waals surface area contributed by atoms with Crippen molar-refractivity contribution in [1.29, 1.82) is 0 Å². The molecular formula is C24H27ClN2O5. The van der Waals surface area contributed by atoms with Gasteiger partial charge in [0.1, 0.15) is 17.3 Å². The van der Waals surface area contributed by atoms with Gasteiger partial charge in [-0.2, -0.15) is 0 Å². The lowest BCUT2D eigenvalue weighted by molar-refractivity contribution is -0.140. The molecular weight excluding hydrogens is 432 g/mol. The number of phenols is 1. The van der Waals surface area contributed by atoms with Crippen LogP contribution < -0.4 is 4.74 Å². The number of hydrogen-bond acceptors (Lipinski definition) is 6. The first-order chi connectivity index (χ1) is 15.3. The lowest BCUT2D eigenvalue weighted by Gasteiger charge is -2.28. The van der Waals surface area contributed by atoms with Crippen LogP contribution in [0.1, 0.15) is 31.0 Å². The molecule has 8 heteroatoms. The molecule has 2 N–H and O–H groups in total. The van der Waals surface area contributed by atoms with Gasteiger partial charge in [-0.05, 0) is 42.9 Å². The van der Waals surface area contributed by atoms with E-state index >= 15 is 0 Å². The van der Waals surface area contributed by atoms with E-state index in [-0.39, 0.29) is 16.9 Å². The summed E-state index contributed by atoms with van der Waals surface area (Å²) in [5.74, 6) is -1.82. The van der Waals surface area contributed by atoms with Gasteiger partial charge in [-0.3, -0.25) is 9.59 Å². The lowest BCUT2D eigenvalue weighted by atomic mass is 9.95. The summed E-state index contributed by atoms with van der Waals surface area (Å²) in [4.78, 5) is 29.6. The summed E-state index contributed by atoms with van der Waals surface area (Å²) in [6.07, 6.45) is 0. The summed E-state index contributed by atoms with van der Waals surface area (Å²) in [6, 6.07) is 10.4. The minimum Gasteiger partial charge on any atom is -0.507 e. The van der Waals surface area contributed by atoms with E-state index < -0.39 is 23.5 Å². The van der Waals surface area contributed by atoms with E-state index in [9.17, 15) is 19.8 Å². The van der Waals surface area contributed by atoms with E-state index in [4.69, 9.17) is 16.3 Å². The standard InChI is InChI=1S/C24H27ClN2O5/c1-4-26(5-2)11-12-27-21(15-7-6-8-16(25)13-15)20(23(30)24(27)31)22(29)18-10-9-17(32-3)14-19(18)28/h6-10,13-14,21,28-29H,4-5,11-12H2,1-3H3/b22-20+. The van der Waals surface area contributed by atoms with Crippen LogP contribution in [0.2, 0.25) is 5.02 Å². The molecule has 1 fully saturated rings. The number of halogens is 1. The van der Waals surface area contributed by atoms with Gasteiger partial charge in [0, 0.05) is 24.2 Å². The molecule has 1 aliphatic rings. The minimum atomic E-state index is -0.828. The average molecular weight is 459 g/mol. The first-order valence-electron chi connectivity index (χ1n) is 10.5. The highest BCUT2D eigenvalue weighted by Crippen LogP contribution is 2.41. The molecule has 1 unspecified atom stereocenters. The molecule has 7 nitrogen and oxygen atoms in total. The number of phenolic OH excluding ortho intramolecular Hbond substituents is 1. The van der Waals surface area contributed by atoms with Gasteiger partial charge in [0.05, 0.1) is 24.3 Å². The Hall–Kier alpha value is -3.03. The van der Waals surface area contributed by atoms with Gasteiger partial charge >= 0.3 is 0 Å². The number of rotatable bonds is 8. The summed E-state index contributed by atoms with van der Waals surface area (Å²) in [5.41, 5.74) is 0.558. The maximum absolute atomic E-state index is 13.1. The number of methoxy groups -OCH3 is 1. The van der Waals surface area contributed by atoms with E-state index in [2.05, 4.69) is 4.90 Å². The topological polar surface area (TPSA) is 90.3 Å². The molecule has 0 radical (unpaired) electrons. The number of ketones is 1. The van der Waals surface area contributed by atoms with Crippen molar-refractivity contribution in [2.75, 3.05) is 33.3 Å². The van der Waals surface area contributed by atoms with Gasteiger partial charge in [0.25, 0.3) is 11.7 Å². The Morgan fingerprint density at radius 2 is 1.88 bits per heavy atom. The fraction of sp³-hybridized carbons (Fsp3) is 0.333. The lowest BCUT2D eigenvalue weighted by Crippen LogP contribution is -2.38. The second-order valence-corrected chi connectivity index (χ2v) is 7.89. The van der Waals surface area contributed by atoms with Gasteiger partial charge < -0.3 is 24.7 Å². The van der Waals surface area contributed by atoms with Crippen molar-refractivity contribution >= 4 is 29.1 Å². The highest BCUT2D eigenvalue weighted by atomic mass is 35.5. The number of ether oxygens (including phenoxy) is 1. The van der Waals surface area contributed by atoms with E-state index in [0.717, 1.165) is 13.1 Å². The van der Waals surface area contributed by atoms with Crippen LogP contribution in [0.3, 0.4) is 0 Å². The molecule has 2 aromatic carbocycles.